The summed E-state index contributed by atoms with van der Waals surface area (Å²) in [5.41, 5.74) is 3.25. The third-order valence-electron chi connectivity index (χ3n) is 5.12. The number of rotatable bonds is 4. The van der Waals surface area contributed by atoms with Crippen LogP contribution in [0.4, 0.5) is 0 Å². The highest BCUT2D eigenvalue weighted by Gasteiger charge is 2.26. The quantitative estimate of drug-likeness (QED) is 0.799. The Morgan fingerprint density at radius 2 is 1.81 bits per heavy atom. The Kier molecular flexibility index (Phi) is 5.78. The summed E-state index contributed by atoms with van der Waals surface area (Å²) in [6.07, 6.45) is 0. The highest BCUT2D eigenvalue weighted by Crippen LogP contribution is 2.31. The van der Waals surface area contributed by atoms with Gasteiger partial charge in [-0.15, -0.1) is 11.3 Å². The Bertz CT molecular complexity index is 773. The smallest absolute Gasteiger partial charge is 0.265 e. The summed E-state index contributed by atoms with van der Waals surface area (Å²) in [6.45, 7) is 14.2. The molecule has 1 amide bonds. The second-order valence-electron chi connectivity index (χ2n) is 7.64. The first-order valence-corrected chi connectivity index (χ1v) is 10.3. The summed E-state index contributed by atoms with van der Waals surface area (Å²) < 4.78 is 0. The molecule has 0 unspecified atom stereocenters. The minimum atomic E-state index is 0.134. The Morgan fingerprint density at radius 1 is 1.12 bits per heavy atom. The van der Waals surface area contributed by atoms with Crippen molar-refractivity contribution in [3.05, 3.63) is 40.4 Å². The molecule has 1 aromatic carbocycles. The minimum absolute atomic E-state index is 0.134. The number of aromatic nitrogens is 1. The number of piperazine rings is 1. The molecule has 0 radical (unpaired) electrons. The molecule has 4 nitrogen and oxygen atoms in total. The first kappa shape index (κ1) is 19.1. The van der Waals surface area contributed by atoms with E-state index in [9.17, 15) is 4.79 Å². The molecule has 1 aromatic heterocycles. The van der Waals surface area contributed by atoms with Gasteiger partial charge in [0.1, 0.15) is 9.88 Å². The van der Waals surface area contributed by atoms with Gasteiger partial charge in [-0.25, -0.2) is 4.98 Å². The molecule has 1 aliphatic rings. The molecule has 1 aliphatic heterocycles. The van der Waals surface area contributed by atoms with Crippen molar-refractivity contribution in [3.63, 3.8) is 0 Å². The maximum absolute atomic E-state index is 13.0. The second-order valence-corrected chi connectivity index (χ2v) is 8.63. The summed E-state index contributed by atoms with van der Waals surface area (Å²) in [6, 6.07) is 9.04. The van der Waals surface area contributed by atoms with Crippen molar-refractivity contribution in [3.8, 4) is 10.6 Å². The number of carbonyl (C=O) groups excluding carboxylic acids is 1. The van der Waals surface area contributed by atoms with Crippen molar-refractivity contribution >= 4 is 17.2 Å². The molecule has 0 spiro atoms. The summed E-state index contributed by atoms with van der Waals surface area (Å²) in [5.74, 6) is 0.615. The zero-order valence-corrected chi connectivity index (χ0v) is 17.3. The number of thiazole rings is 1. The fourth-order valence-corrected chi connectivity index (χ4v) is 4.36. The molecule has 1 fully saturated rings. The largest absolute Gasteiger partial charge is 0.335 e. The first-order valence-electron chi connectivity index (χ1n) is 9.48. The van der Waals surface area contributed by atoms with E-state index in [4.69, 9.17) is 4.98 Å². The van der Waals surface area contributed by atoms with E-state index in [0.29, 0.717) is 12.0 Å². The average Bonchev–Trinajstić information content (AvgIpc) is 3.03. The molecule has 0 atom stereocenters. The molecule has 0 aliphatic carbocycles. The Balaban J connectivity index is 1.78. The van der Waals surface area contributed by atoms with Crippen molar-refractivity contribution in [2.75, 3.05) is 26.2 Å². The van der Waals surface area contributed by atoms with Gasteiger partial charge in [-0.3, -0.25) is 9.69 Å². The van der Waals surface area contributed by atoms with Crippen LogP contribution in [0.25, 0.3) is 10.6 Å². The molecule has 1 saturated heterocycles. The monoisotopic (exact) mass is 371 g/mol. The van der Waals surface area contributed by atoms with E-state index in [-0.39, 0.29) is 5.91 Å². The second kappa shape index (κ2) is 7.89. The van der Waals surface area contributed by atoms with Crippen molar-refractivity contribution in [2.45, 2.75) is 46.6 Å². The van der Waals surface area contributed by atoms with Crippen molar-refractivity contribution in [1.29, 1.82) is 0 Å². The predicted octanol–water partition coefficient (Wildman–Crippen LogP) is 4.41. The number of benzene rings is 1. The molecule has 2 heterocycles. The molecule has 0 N–H and O–H groups in total. The van der Waals surface area contributed by atoms with Gasteiger partial charge in [0, 0.05) is 37.8 Å². The van der Waals surface area contributed by atoms with Gasteiger partial charge in [0.15, 0.2) is 0 Å². The lowest BCUT2D eigenvalue weighted by Gasteiger charge is -2.36. The summed E-state index contributed by atoms with van der Waals surface area (Å²) in [4.78, 5) is 22.9. The van der Waals surface area contributed by atoms with Crippen molar-refractivity contribution in [1.82, 2.24) is 14.8 Å². The van der Waals surface area contributed by atoms with Gasteiger partial charge in [-0.05, 0) is 38.3 Å². The molecule has 0 saturated carbocycles. The van der Waals surface area contributed by atoms with E-state index in [2.05, 4.69) is 56.9 Å². The van der Waals surface area contributed by atoms with Crippen LogP contribution >= 0.6 is 11.3 Å². The highest BCUT2D eigenvalue weighted by molar-refractivity contribution is 7.17. The number of amides is 1. The topological polar surface area (TPSA) is 36.4 Å². The number of nitrogens with zero attached hydrogens (tertiary/aromatic N) is 3. The number of carbonyl (C=O) groups is 1. The fourth-order valence-electron chi connectivity index (χ4n) is 3.33. The minimum Gasteiger partial charge on any atom is -0.335 e. The molecule has 3 rings (SSSR count). The van der Waals surface area contributed by atoms with E-state index in [1.807, 2.05) is 11.8 Å². The fraction of sp³-hybridized carbons (Fsp3) is 0.524. The van der Waals surface area contributed by atoms with E-state index < -0.39 is 0 Å². The average molecular weight is 372 g/mol. The van der Waals surface area contributed by atoms with Crippen LogP contribution in [0.5, 0.6) is 0 Å². The van der Waals surface area contributed by atoms with Crippen LogP contribution in [0.2, 0.25) is 0 Å². The summed E-state index contributed by atoms with van der Waals surface area (Å²) >= 11 is 1.53. The third-order valence-corrected chi connectivity index (χ3v) is 6.32. The lowest BCUT2D eigenvalue weighted by molar-refractivity contribution is 0.0599. The SMILES string of the molecule is Cc1nc(-c2cccc(C(C)C)c2)sc1C(=O)N1CCN(C(C)C)CC1. The maximum Gasteiger partial charge on any atom is 0.265 e. The summed E-state index contributed by atoms with van der Waals surface area (Å²) in [7, 11) is 0. The van der Waals surface area contributed by atoms with Gasteiger partial charge in [0.05, 0.1) is 5.69 Å². The molecule has 0 bridgehead atoms. The van der Waals surface area contributed by atoms with E-state index in [1.54, 1.807) is 0 Å². The molecule has 2 aromatic rings. The summed E-state index contributed by atoms with van der Waals surface area (Å²) in [5, 5.41) is 0.939. The molecule has 26 heavy (non-hydrogen) atoms. The zero-order valence-electron chi connectivity index (χ0n) is 16.5. The lowest BCUT2D eigenvalue weighted by atomic mass is 10.0. The van der Waals surface area contributed by atoms with Gasteiger partial charge >= 0.3 is 0 Å². The number of aryl methyl sites for hydroxylation is 1. The van der Waals surface area contributed by atoms with Gasteiger partial charge < -0.3 is 4.90 Å². The van der Waals surface area contributed by atoms with Gasteiger partial charge in [-0.2, -0.15) is 0 Å². The van der Waals surface area contributed by atoms with Crippen LogP contribution < -0.4 is 0 Å². The van der Waals surface area contributed by atoms with Crippen molar-refractivity contribution < 1.29 is 4.79 Å². The zero-order chi connectivity index (χ0) is 18.8. The van der Waals surface area contributed by atoms with Gasteiger partial charge in [0.2, 0.25) is 0 Å². The maximum atomic E-state index is 13.0. The standard InChI is InChI=1S/C21H29N3OS/c1-14(2)17-7-6-8-18(13-17)20-22-16(5)19(26-20)21(25)24-11-9-23(10-12-24)15(3)4/h6-8,13-15H,9-12H2,1-5H3. The van der Waals surface area contributed by atoms with Gasteiger partial charge in [-0.1, -0.05) is 32.0 Å². The third kappa shape index (κ3) is 3.99. The van der Waals surface area contributed by atoms with Crippen LogP contribution in [0, 0.1) is 6.92 Å². The Labute approximate surface area is 160 Å². The highest BCUT2D eigenvalue weighted by atomic mass is 32.1. The van der Waals surface area contributed by atoms with Crippen LogP contribution in [-0.2, 0) is 0 Å². The van der Waals surface area contributed by atoms with Crippen LogP contribution in [0.15, 0.2) is 24.3 Å². The van der Waals surface area contributed by atoms with Crippen LogP contribution in [0.3, 0.4) is 0 Å². The Hall–Kier alpha value is -1.72. The van der Waals surface area contributed by atoms with Crippen LogP contribution in [-0.4, -0.2) is 52.9 Å². The van der Waals surface area contributed by atoms with E-state index in [0.717, 1.165) is 47.3 Å². The predicted molar refractivity (Wildman–Crippen MR) is 109 cm³/mol. The van der Waals surface area contributed by atoms with Gasteiger partial charge in [0.25, 0.3) is 5.91 Å². The molecule has 5 heteroatoms. The lowest BCUT2D eigenvalue weighted by Crippen LogP contribution is -2.50. The number of hydrogen-bond donors (Lipinski definition) is 0. The molecular formula is C21H29N3OS. The first-order chi connectivity index (χ1) is 12.4. The molecular weight excluding hydrogens is 342 g/mol. The van der Waals surface area contributed by atoms with Crippen LogP contribution in [0.1, 0.15) is 54.5 Å². The number of hydrogen-bond acceptors (Lipinski definition) is 4. The molecule has 140 valence electrons. The van der Waals surface area contributed by atoms with E-state index in [1.165, 1.54) is 16.9 Å². The van der Waals surface area contributed by atoms with Crippen molar-refractivity contribution in [2.24, 2.45) is 0 Å². The van der Waals surface area contributed by atoms with E-state index >= 15 is 0 Å². The Morgan fingerprint density at radius 3 is 2.42 bits per heavy atom. The normalized spacial score (nSPS) is 15.9.